The maximum atomic E-state index is 4.33. The monoisotopic (exact) mass is 230 g/mol. The van der Waals surface area contributed by atoms with Gasteiger partial charge in [-0.15, -0.1) is 0 Å². The molecule has 2 aromatic rings. The summed E-state index contributed by atoms with van der Waals surface area (Å²) in [5.41, 5.74) is 2.31. The summed E-state index contributed by atoms with van der Waals surface area (Å²) in [7, 11) is 0. The summed E-state index contributed by atoms with van der Waals surface area (Å²) in [6.07, 6.45) is 8.47. The van der Waals surface area contributed by atoms with Crippen molar-refractivity contribution in [3.8, 4) is 0 Å². The molecule has 0 radical (unpaired) electrons. The standard InChI is InChI=1S/C13H18N4/c1-3-4-15-12(13-16-5-6-17-13)11-7-10(2)8-14-9-11/h5-9,12,15H,3-4H2,1-2H3,(H,16,17). The predicted octanol–water partition coefficient (Wildman–Crippen LogP) is 2.20. The Morgan fingerprint density at radius 2 is 2.29 bits per heavy atom. The summed E-state index contributed by atoms with van der Waals surface area (Å²) in [6.45, 7) is 5.16. The zero-order valence-corrected chi connectivity index (χ0v) is 10.3. The van der Waals surface area contributed by atoms with E-state index in [0.29, 0.717) is 0 Å². The van der Waals surface area contributed by atoms with Gasteiger partial charge in [0, 0.05) is 24.8 Å². The Balaban J connectivity index is 2.27. The molecule has 0 spiro atoms. The Bertz CT molecular complexity index is 450. The molecule has 0 aromatic carbocycles. The fourth-order valence-electron chi connectivity index (χ4n) is 1.83. The number of hydrogen-bond donors (Lipinski definition) is 2. The van der Waals surface area contributed by atoms with Crippen LogP contribution in [0.25, 0.3) is 0 Å². The van der Waals surface area contributed by atoms with E-state index in [2.05, 4.69) is 40.2 Å². The van der Waals surface area contributed by atoms with Crippen molar-refractivity contribution < 1.29 is 0 Å². The lowest BCUT2D eigenvalue weighted by Gasteiger charge is -2.16. The van der Waals surface area contributed by atoms with E-state index >= 15 is 0 Å². The van der Waals surface area contributed by atoms with Gasteiger partial charge >= 0.3 is 0 Å². The average Bonchev–Trinajstić information content (AvgIpc) is 2.83. The van der Waals surface area contributed by atoms with E-state index in [4.69, 9.17) is 0 Å². The first kappa shape index (κ1) is 11.8. The van der Waals surface area contributed by atoms with Gasteiger partial charge in [0.05, 0.1) is 6.04 Å². The lowest BCUT2D eigenvalue weighted by atomic mass is 10.1. The number of aromatic nitrogens is 3. The van der Waals surface area contributed by atoms with Gasteiger partial charge in [-0.3, -0.25) is 4.98 Å². The number of nitrogens with one attached hydrogen (secondary N) is 2. The van der Waals surface area contributed by atoms with E-state index in [0.717, 1.165) is 29.9 Å². The van der Waals surface area contributed by atoms with Crippen LogP contribution in [0.15, 0.2) is 30.9 Å². The van der Waals surface area contributed by atoms with Gasteiger partial charge in [0.15, 0.2) is 0 Å². The molecule has 1 atom stereocenters. The van der Waals surface area contributed by atoms with Crippen LogP contribution >= 0.6 is 0 Å². The Labute approximate surface area is 102 Å². The van der Waals surface area contributed by atoms with Gasteiger partial charge in [-0.2, -0.15) is 0 Å². The minimum atomic E-state index is 0.0948. The van der Waals surface area contributed by atoms with Gasteiger partial charge in [-0.1, -0.05) is 13.0 Å². The molecule has 0 saturated carbocycles. The number of rotatable bonds is 5. The van der Waals surface area contributed by atoms with Crippen molar-refractivity contribution in [1.29, 1.82) is 0 Å². The summed E-state index contributed by atoms with van der Waals surface area (Å²) in [6, 6.07) is 2.24. The molecule has 0 saturated heterocycles. The van der Waals surface area contributed by atoms with Crippen molar-refractivity contribution in [3.05, 3.63) is 47.8 Å². The molecule has 2 rings (SSSR count). The van der Waals surface area contributed by atoms with E-state index in [1.165, 1.54) is 0 Å². The number of imidazole rings is 1. The first-order chi connectivity index (χ1) is 8.31. The summed E-state index contributed by atoms with van der Waals surface area (Å²) in [5.74, 6) is 0.936. The lowest BCUT2D eigenvalue weighted by Crippen LogP contribution is -2.24. The molecule has 0 aliphatic heterocycles. The van der Waals surface area contributed by atoms with Gasteiger partial charge in [-0.25, -0.2) is 4.98 Å². The van der Waals surface area contributed by atoms with Gasteiger partial charge in [0.25, 0.3) is 0 Å². The van der Waals surface area contributed by atoms with Crippen LogP contribution in [0.4, 0.5) is 0 Å². The number of aryl methyl sites for hydroxylation is 1. The highest BCUT2D eigenvalue weighted by Crippen LogP contribution is 2.18. The number of nitrogens with zero attached hydrogens (tertiary/aromatic N) is 2. The number of H-pyrrole nitrogens is 1. The van der Waals surface area contributed by atoms with Gasteiger partial charge < -0.3 is 10.3 Å². The van der Waals surface area contributed by atoms with Crippen LogP contribution in [0.2, 0.25) is 0 Å². The predicted molar refractivity (Wildman–Crippen MR) is 67.7 cm³/mol. The molecular weight excluding hydrogens is 212 g/mol. The van der Waals surface area contributed by atoms with Crippen LogP contribution in [0, 0.1) is 6.92 Å². The van der Waals surface area contributed by atoms with E-state index in [9.17, 15) is 0 Å². The maximum Gasteiger partial charge on any atom is 0.127 e. The quantitative estimate of drug-likeness (QED) is 0.828. The summed E-state index contributed by atoms with van der Waals surface area (Å²) < 4.78 is 0. The average molecular weight is 230 g/mol. The van der Waals surface area contributed by atoms with Gasteiger partial charge in [0.1, 0.15) is 5.82 Å². The van der Waals surface area contributed by atoms with Gasteiger partial charge in [-0.05, 0) is 31.0 Å². The zero-order valence-electron chi connectivity index (χ0n) is 10.3. The molecule has 0 bridgehead atoms. The maximum absolute atomic E-state index is 4.33. The normalized spacial score (nSPS) is 12.6. The molecule has 2 aromatic heterocycles. The summed E-state index contributed by atoms with van der Waals surface area (Å²) in [5, 5.41) is 3.48. The zero-order chi connectivity index (χ0) is 12.1. The van der Waals surface area contributed by atoms with Crippen LogP contribution in [-0.4, -0.2) is 21.5 Å². The van der Waals surface area contributed by atoms with E-state index in [-0.39, 0.29) is 6.04 Å². The van der Waals surface area contributed by atoms with Crippen molar-refractivity contribution in [3.63, 3.8) is 0 Å². The molecule has 4 nitrogen and oxygen atoms in total. The molecule has 1 unspecified atom stereocenters. The van der Waals surface area contributed by atoms with Crippen LogP contribution in [0.5, 0.6) is 0 Å². The van der Waals surface area contributed by atoms with Crippen LogP contribution < -0.4 is 5.32 Å². The second-order valence-electron chi connectivity index (χ2n) is 4.16. The topological polar surface area (TPSA) is 53.6 Å². The van der Waals surface area contributed by atoms with Crippen LogP contribution in [0.3, 0.4) is 0 Å². The van der Waals surface area contributed by atoms with Crippen molar-refractivity contribution >= 4 is 0 Å². The smallest absolute Gasteiger partial charge is 0.127 e. The minimum absolute atomic E-state index is 0.0948. The number of hydrogen-bond acceptors (Lipinski definition) is 3. The third kappa shape index (κ3) is 2.91. The third-order valence-corrected chi connectivity index (χ3v) is 2.62. The Morgan fingerprint density at radius 3 is 2.94 bits per heavy atom. The molecular formula is C13H18N4. The fraction of sp³-hybridized carbons (Fsp3) is 0.385. The summed E-state index contributed by atoms with van der Waals surface area (Å²) >= 11 is 0. The van der Waals surface area contributed by atoms with Crippen LogP contribution in [0.1, 0.15) is 36.3 Å². The Morgan fingerprint density at radius 1 is 1.41 bits per heavy atom. The molecule has 90 valence electrons. The number of pyridine rings is 1. The van der Waals surface area contributed by atoms with Crippen LogP contribution in [-0.2, 0) is 0 Å². The van der Waals surface area contributed by atoms with Crippen molar-refractivity contribution in [2.75, 3.05) is 6.54 Å². The Kier molecular flexibility index (Phi) is 3.88. The molecule has 0 aliphatic carbocycles. The lowest BCUT2D eigenvalue weighted by molar-refractivity contribution is 0.575. The van der Waals surface area contributed by atoms with Gasteiger partial charge in [0.2, 0.25) is 0 Å². The second-order valence-corrected chi connectivity index (χ2v) is 4.16. The van der Waals surface area contributed by atoms with Crippen molar-refractivity contribution in [1.82, 2.24) is 20.3 Å². The molecule has 0 aliphatic rings. The highest BCUT2D eigenvalue weighted by Gasteiger charge is 2.15. The molecule has 4 heteroatoms. The second kappa shape index (κ2) is 5.59. The number of aromatic amines is 1. The molecule has 2 heterocycles. The van der Waals surface area contributed by atoms with Crippen molar-refractivity contribution in [2.24, 2.45) is 0 Å². The molecule has 0 fully saturated rings. The largest absolute Gasteiger partial charge is 0.347 e. The fourth-order valence-corrected chi connectivity index (χ4v) is 1.83. The minimum Gasteiger partial charge on any atom is -0.347 e. The third-order valence-electron chi connectivity index (χ3n) is 2.62. The highest BCUT2D eigenvalue weighted by atomic mass is 15.0. The summed E-state index contributed by atoms with van der Waals surface area (Å²) in [4.78, 5) is 11.7. The van der Waals surface area contributed by atoms with Crippen molar-refractivity contribution in [2.45, 2.75) is 26.3 Å². The van der Waals surface area contributed by atoms with E-state index in [1.54, 1.807) is 6.20 Å². The molecule has 0 amide bonds. The Hall–Kier alpha value is -1.68. The molecule has 2 N–H and O–H groups in total. The SMILES string of the molecule is CCCNC(c1cncc(C)c1)c1ncc[nH]1. The first-order valence-electron chi connectivity index (χ1n) is 5.95. The van der Waals surface area contributed by atoms with E-state index in [1.807, 2.05) is 18.6 Å². The molecule has 17 heavy (non-hydrogen) atoms. The highest BCUT2D eigenvalue weighted by molar-refractivity contribution is 5.25. The first-order valence-corrected chi connectivity index (χ1v) is 5.95. The van der Waals surface area contributed by atoms with E-state index < -0.39 is 0 Å².